The number of carbonyl (C=O) groups is 2. The van der Waals surface area contributed by atoms with Crippen LogP contribution in [0.1, 0.15) is 25.7 Å². The number of likely N-dealkylation sites (N-methyl/N-ethyl adjacent to an activating group) is 1. The fourth-order valence-electron chi connectivity index (χ4n) is 3.29. The molecule has 0 spiro atoms. The summed E-state index contributed by atoms with van der Waals surface area (Å²) in [5.74, 6) is 0.638. The Kier molecular flexibility index (Phi) is 3.23. The molecule has 0 saturated carbocycles. The number of amides is 2. The summed E-state index contributed by atoms with van der Waals surface area (Å²) in [6.45, 7) is 0. The maximum absolute atomic E-state index is 12.3. The van der Waals surface area contributed by atoms with E-state index in [2.05, 4.69) is 10.6 Å². The molecule has 2 amide bonds. The first-order valence-corrected chi connectivity index (χ1v) is 7.58. The number of nitrogens with one attached hydrogen (secondary N) is 2. The van der Waals surface area contributed by atoms with Crippen LogP contribution < -0.4 is 10.6 Å². The summed E-state index contributed by atoms with van der Waals surface area (Å²) in [6.07, 6.45) is 4.57. The quantitative estimate of drug-likeness (QED) is 0.768. The van der Waals surface area contributed by atoms with Crippen LogP contribution in [0.2, 0.25) is 0 Å². The maximum Gasteiger partial charge on any atom is 0.279 e. The molecule has 2 unspecified atom stereocenters. The number of rotatable bonds is 2. The fraction of sp³-hybridized carbons (Fsp3) is 0.833. The van der Waals surface area contributed by atoms with Crippen molar-refractivity contribution in [3.05, 3.63) is 0 Å². The number of fused-ring (bicyclic) bond motifs is 2. The van der Waals surface area contributed by atoms with Crippen molar-refractivity contribution >= 4 is 22.9 Å². The molecule has 3 rings (SSSR count). The molecule has 0 radical (unpaired) electrons. The molecule has 3 aliphatic heterocycles. The number of hydrogen-bond acceptors (Lipinski definition) is 4. The molecule has 3 aliphatic rings. The molecule has 0 aromatic carbocycles. The van der Waals surface area contributed by atoms with Crippen LogP contribution in [0.25, 0.3) is 0 Å². The predicted octanol–water partition coefficient (Wildman–Crippen LogP) is 0.553. The molecule has 2 N–H and O–H groups in total. The van der Waals surface area contributed by atoms with Crippen LogP contribution in [0.4, 0.5) is 4.79 Å². The van der Waals surface area contributed by atoms with Gasteiger partial charge in [0.05, 0.1) is 0 Å². The molecule has 100 valence electrons. The van der Waals surface area contributed by atoms with Crippen LogP contribution >= 0.6 is 11.8 Å². The SMILES string of the molecule is CN(C(=O)[C@@H]1CSC(=O)N1)C1CC2CCC(C1)N2. The van der Waals surface area contributed by atoms with E-state index in [1.165, 1.54) is 24.6 Å². The van der Waals surface area contributed by atoms with Gasteiger partial charge in [0.15, 0.2) is 0 Å². The lowest BCUT2D eigenvalue weighted by Gasteiger charge is -2.36. The third-order valence-corrected chi connectivity index (χ3v) is 5.19. The van der Waals surface area contributed by atoms with Gasteiger partial charge < -0.3 is 15.5 Å². The van der Waals surface area contributed by atoms with Crippen molar-refractivity contribution < 1.29 is 9.59 Å². The predicted molar refractivity (Wildman–Crippen MR) is 70.5 cm³/mol. The number of thioether (sulfide) groups is 1. The molecule has 6 heteroatoms. The number of carbonyl (C=O) groups excluding carboxylic acids is 2. The minimum absolute atomic E-state index is 0.0691. The highest BCUT2D eigenvalue weighted by Gasteiger charge is 2.39. The standard InChI is InChI=1S/C12H19N3O2S/c1-15(11(16)10-6-18-12(17)14-10)9-4-7-2-3-8(5-9)13-7/h7-10,13H,2-6H2,1H3,(H,14,17)/t7?,8?,9?,10-/m0/s1. The average Bonchev–Trinajstić information content (AvgIpc) is 2.94. The molecule has 5 nitrogen and oxygen atoms in total. The molecular weight excluding hydrogens is 250 g/mol. The Hall–Kier alpha value is -0.750. The third-order valence-electron chi connectivity index (χ3n) is 4.31. The van der Waals surface area contributed by atoms with Gasteiger partial charge in [0.1, 0.15) is 6.04 Å². The first-order valence-electron chi connectivity index (χ1n) is 6.59. The minimum atomic E-state index is -0.319. The van der Waals surface area contributed by atoms with E-state index in [0.717, 1.165) is 12.8 Å². The van der Waals surface area contributed by atoms with Gasteiger partial charge >= 0.3 is 0 Å². The molecule has 3 heterocycles. The zero-order chi connectivity index (χ0) is 12.7. The van der Waals surface area contributed by atoms with Crippen molar-refractivity contribution in [2.45, 2.75) is 49.9 Å². The Morgan fingerprint density at radius 2 is 2.00 bits per heavy atom. The Bertz CT molecular complexity index is 364. The van der Waals surface area contributed by atoms with E-state index < -0.39 is 0 Å². The van der Waals surface area contributed by atoms with Crippen LogP contribution in [-0.4, -0.2) is 53.0 Å². The van der Waals surface area contributed by atoms with E-state index in [0.29, 0.717) is 23.9 Å². The van der Waals surface area contributed by atoms with Gasteiger partial charge in [-0.15, -0.1) is 0 Å². The van der Waals surface area contributed by atoms with Crippen molar-refractivity contribution in [3.8, 4) is 0 Å². The monoisotopic (exact) mass is 269 g/mol. The second-order valence-electron chi connectivity index (χ2n) is 5.51. The Balaban J connectivity index is 1.62. The normalized spacial score (nSPS) is 38.6. The summed E-state index contributed by atoms with van der Waals surface area (Å²) in [6, 6.07) is 1.17. The summed E-state index contributed by atoms with van der Waals surface area (Å²) in [5, 5.41) is 6.23. The number of piperidine rings is 1. The summed E-state index contributed by atoms with van der Waals surface area (Å²) >= 11 is 1.20. The van der Waals surface area contributed by atoms with Gasteiger partial charge in [-0.25, -0.2) is 0 Å². The third kappa shape index (κ3) is 2.23. The minimum Gasteiger partial charge on any atom is -0.341 e. The van der Waals surface area contributed by atoms with Crippen molar-refractivity contribution in [1.82, 2.24) is 15.5 Å². The second-order valence-corrected chi connectivity index (χ2v) is 6.50. The van der Waals surface area contributed by atoms with Crippen LogP contribution in [-0.2, 0) is 4.79 Å². The molecule has 18 heavy (non-hydrogen) atoms. The molecule has 2 bridgehead atoms. The van der Waals surface area contributed by atoms with Crippen molar-refractivity contribution in [3.63, 3.8) is 0 Å². The van der Waals surface area contributed by atoms with Crippen molar-refractivity contribution in [1.29, 1.82) is 0 Å². The average molecular weight is 269 g/mol. The van der Waals surface area contributed by atoms with Gasteiger partial charge in [0.2, 0.25) is 5.91 Å². The molecule has 3 saturated heterocycles. The molecular formula is C12H19N3O2S. The highest BCUT2D eigenvalue weighted by molar-refractivity contribution is 8.14. The highest BCUT2D eigenvalue weighted by Crippen LogP contribution is 2.29. The maximum atomic E-state index is 12.3. The summed E-state index contributed by atoms with van der Waals surface area (Å²) in [5.41, 5.74) is 0. The highest BCUT2D eigenvalue weighted by atomic mass is 32.2. The van der Waals surface area contributed by atoms with Gasteiger partial charge in [-0.2, -0.15) is 0 Å². The number of hydrogen-bond donors (Lipinski definition) is 2. The van der Waals surface area contributed by atoms with Crippen LogP contribution in [0.3, 0.4) is 0 Å². The molecule has 0 aromatic rings. The first kappa shape index (κ1) is 12.3. The molecule has 0 aliphatic carbocycles. The fourth-order valence-corrected chi connectivity index (χ4v) is 4.06. The first-order chi connectivity index (χ1) is 8.63. The van der Waals surface area contributed by atoms with Crippen molar-refractivity contribution in [2.24, 2.45) is 0 Å². The van der Waals surface area contributed by atoms with Gasteiger partial charge in [0, 0.05) is 30.9 Å². The van der Waals surface area contributed by atoms with Crippen LogP contribution in [0.15, 0.2) is 0 Å². The van der Waals surface area contributed by atoms with E-state index in [9.17, 15) is 9.59 Å². The molecule has 3 fully saturated rings. The largest absolute Gasteiger partial charge is 0.341 e. The Morgan fingerprint density at radius 3 is 2.56 bits per heavy atom. The lowest BCUT2D eigenvalue weighted by atomic mass is 9.98. The summed E-state index contributed by atoms with van der Waals surface area (Å²) < 4.78 is 0. The molecule has 0 aromatic heterocycles. The van der Waals surface area contributed by atoms with E-state index in [-0.39, 0.29) is 17.2 Å². The van der Waals surface area contributed by atoms with Gasteiger partial charge in [0.25, 0.3) is 5.24 Å². The Labute approximate surface area is 111 Å². The van der Waals surface area contributed by atoms with E-state index in [1.54, 1.807) is 0 Å². The lowest BCUT2D eigenvalue weighted by molar-refractivity contribution is -0.134. The van der Waals surface area contributed by atoms with Crippen molar-refractivity contribution in [2.75, 3.05) is 12.8 Å². The van der Waals surface area contributed by atoms with E-state index in [1.807, 2.05) is 11.9 Å². The summed E-state index contributed by atoms with van der Waals surface area (Å²) in [7, 11) is 1.88. The van der Waals surface area contributed by atoms with E-state index >= 15 is 0 Å². The lowest BCUT2D eigenvalue weighted by Crippen LogP contribution is -2.53. The number of nitrogens with zero attached hydrogens (tertiary/aromatic N) is 1. The topological polar surface area (TPSA) is 61.4 Å². The zero-order valence-corrected chi connectivity index (χ0v) is 11.3. The van der Waals surface area contributed by atoms with Gasteiger partial charge in [-0.3, -0.25) is 9.59 Å². The summed E-state index contributed by atoms with van der Waals surface area (Å²) in [4.78, 5) is 25.3. The molecule has 3 atom stereocenters. The van der Waals surface area contributed by atoms with Gasteiger partial charge in [-0.1, -0.05) is 11.8 Å². The van der Waals surface area contributed by atoms with Crippen LogP contribution in [0.5, 0.6) is 0 Å². The zero-order valence-electron chi connectivity index (χ0n) is 10.5. The second kappa shape index (κ2) is 4.74. The van der Waals surface area contributed by atoms with Crippen LogP contribution in [0, 0.1) is 0 Å². The van der Waals surface area contributed by atoms with E-state index in [4.69, 9.17) is 0 Å². The smallest absolute Gasteiger partial charge is 0.279 e. The Morgan fingerprint density at radius 1 is 1.33 bits per heavy atom. The van der Waals surface area contributed by atoms with Gasteiger partial charge in [-0.05, 0) is 25.7 Å².